The fourth-order valence-electron chi connectivity index (χ4n) is 4.90. The highest BCUT2D eigenvalue weighted by atomic mass is 19.4. The summed E-state index contributed by atoms with van der Waals surface area (Å²) in [5.41, 5.74) is 6.06. The van der Waals surface area contributed by atoms with Crippen LogP contribution in [0.25, 0.3) is 10.9 Å². The van der Waals surface area contributed by atoms with Crippen molar-refractivity contribution in [2.24, 2.45) is 11.7 Å². The van der Waals surface area contributed by atoms with Gasteiger partial charge in [0.25, 0.3) is 0 Å². The largest absolute Gasteiger partial charge is 0.573 e. The van der Waals surface area contributed by atoms with Crippen molar-refractivity contribution >= 4 is 34.4 Å². The third-order valence-corrected chi connectivity index (χ3v) is 6.52. The lowest BCUT2D eigenvalue weighted by molar-refractivity contribution is -0.275. The topological polar surface area (TPSA) is 107 Å². The number of rotatable bonds is 5. The second kappa shape index (κ2) is 8.54. The number of piperidine rings is 1. The second-order valence-corrected chi connectivity index (χ2v) is 8.83. The van der Waals surface area contributed by atoms with Crippen LogP contribution in [-0.2, 0) is 16.0 Å². The lowest BCUT2D eigenvalue weighted by Crippen LogP contribution is -2.46. The smallest absolute Gasteiger partial charge is 0.403 e. The predicted octanol–water partition coefficient (Wildman–Crippen LogP) is 3.78. The monoisotopic (exact) mass is 504 g/mol. The molecule has 0 radical (unpaired) electrons. The van der Waals surface area contributed by atoms with E-state index >= 15 is 0 Å². The van der Waals surface area contributed by atoms with E-state index in [0.717, 1.165) is 24.6 Å². The molecule has 188 valence electrons. The first kappa shape index (κ1) is 23.6. The van der Waals surface area contributed by atoms with Gasteiger partial charge in [-0.15, -0.1) is 13.2 Å². The number of likely N-dealkylation sites (tertiary alicyclic amines) is 1. The third-order valence-electron chi connectivity index (χ3n) is 6.52. The summed E-state index contributed by atoms with van der Waals surface area (Å²) in [6.07, 6.45) is -2.64. The molecular weight excluding hydrogens is 484 g/mol. The Morgan fingerprint density at radius 1 is 1.08 bits per heavy atom. The first-order valence-corrected chi connectivity index (χ1v) is 11.1. The van der Waals surface area contributed by atoms with E-state index in [9.17, 15) is 31.9 Å². The van der Waals surface area contributed by atoms with Crippen molar-refractivity contribution < 1.29 is 36.7 Å². The van der Waals surface area contributed by atoms with Crippen LogP contribution in [0.1, 0.15) is 18.4 Å². The zero-order valence-electron chi connectivity index (χ0n) is 18.6. The van der Waals surface area contributed by atoms with Crippen LogP contribution in [0.15, 0.2) is 48.7 Å². The summed E-state index contributed by atoms with van der Waals surface area (Å²) >= 11 is 0. The van der Waals surface area contributed by atoms with E-state index in [-0.39, 0.29) is 24.3 Å². The van der Waals surface area contributed by atoms with Gasteiger partial charge in [-0.3, -0.25) is 14.2 Å². The van der Waals surface area contributed by atoms with Gasteiger partial charge in [-0.25, -0.2) is 9.18 Å². The number of alkyl halides is 3. The molecule has 0 bridgehead atoms. The van der Waals surface area contributed by atoms with Crippen LogP contribution >= 0.6 is 0 Å². The van der Waals surface area contributed by atoms with Gasteiger partial charge in [-0.05, 0) is 42.5 Å². The minimum atomic E-state index is -5.10. The van der Waals surface area contributed by atoms with E-state index in [0.29, 0.717) is 22.9 Å². The van der Waals surface area contributed by atoms with E-state index < -0.39 is 41.6 Å². The summed E-state index contributed by atoms with van der Waals surface area (Å²) in [6.45, 7) is 0. The molecule has 3 aromatic rings. The minimum Gasteiger partial charge on any atom is -0.403 e. The van der Waals surface area contributed by atoms with E-state index in [2.05, 4.69) is 10.1 Å². The molecular formula is C24H20F4N4O4. The number of halogens is 4. The molecule has 2 aromatic carbocycles. The molecule has 8 nitrogen and oxygen atoms in total. The summed E-state index contributed by atoms with van der Waals surface area (Å²) in [4.78, 5) is 39.6. The first-order valence-electron chi connectivity index (χ1n) is 11.1. The highest BCUT2D eigenvalue weighted by molar-refractivity contribution is 6.00. The maximum atomic E-state index is 14.5. The molecule has 1 aliphatic carbocycles. The number of nitrogens with zero attached hydrogens (tertiary/aromatic N) is 2. The van der Waals surface area contributed by atoms with Crippen molar-refractivity contribution in [3.8, 4) is 5.75 Å². The van der Waals surface area contributed by atoms with Crippen molar-refractivity contribution in [2.75, 3.05) is 5.32 Å². The summed E-state index contributed by atoms with van der Waals surface area (Å²) in [6, 6.07) is 8.19. The first-order chi connectivity index (χ1) is 17.0. The summed E-state index contributed by atoms with van der Waals surface area (Å²) in [5.74, 6) is -3.40. The number of nitrogens with one attached hydrogen (secondary N) is 1. The van der Waals surface area contributed by atoms with Crippen LogP contribution in [-0.4, -0.2) is 45.8 Å². The molecule has 3 N–H and O–H groups in total. The van der Waals surface area contributed by atoms with Gasteiger partial charge in [0.15, 0.2) is 11.6 Å². The van der Waals surface area contributed by atoms with Crippen molar-refractivity contribution in [3.05, 3.63) is 60.0 Å². The molecule has 2 aliphatic rings. The number of amides is 3. The van der Waals surface area contributed by atoms with E-state index in [1.54, 1.807) is 24.3 Å². The molecule has 36 heavy (non-hydrogen) atoms. The Kier molecular flexibility index (Phi) is 5.61. The van der Waals surface area contributed by atoms with Crippen LogP contribution < -0.4 is 15.8 Å². The molecule has 3 atom stereocenters. The maximum Gasteiger partial charge on any atom is 0.573 e. The molecule has 1 aromatic heterocycles. The van der Waals surface area contributed by atoms with Crippen LogP contribution in [0.3, 0.4) is 0 Å². The Labute approximate surface area is 201 Å². The average Bonchev–Trinajstić information content (AvgIpc) is 3.31. The van der Waals surface area contributed by atoms with Gasteiger partial charge in [0, 0.05) is 17.6 Å². The second-order valence-electron chi connectivity index (χ2n) is 8.83. The Hall–Kier alpha value is -4.09. The number of hydrogen-bond donors (Lipinski definition) is 2. The van der Waals surface area contributed by atoms with Crippen LogP contribution in [0.2, 0.25) is 0 Å². The molecule has 1 saturated heterocycles. The molecule has 3 amide bonds. The minimum absolute atomic E-state index is 0.100. The number of benzene rings is 2. The van der Waals surface area contributed by atoms with Gasteiger partial charge in [0.1, 0.15) is 6.04 Å². The van der Waals surface area contributed by atoms with Crippen LogP contribution in [0.4, 0.5) is 28.0 Å². The summed E-state index contributed by atoms with van der Waals surface area (Å²) < 4.78 is 57.0. The fraction of sp³-hybridized carbons (Fsp3) is 0.292. The standard InChI is InChI=1S/C24H20F4N4O4/c25-21-15(5-3-7-19(21)36-24(26,27)28)30-22(34)18-9-12-8-17(12)32(18)20(33)10-13-11-31(23(29)35)16-6-2-1-4-14(13)16/h1-7,11-12,17-18H,8-10H2,(H2,29,35)(H,30,34)/t12-,17-,18+/m1/s1. The third kappa shape index (κ3) is 4.34. The number of carbonyl (C=O) groups excluding carboxylic acids is 3. The summed E-state index contributed by atoms with van der Waals surface area (Å²) in [5, 5.41) is 2.96. The number of nitrogens with two attached hydrogens (primary N) is 1. The van der Waals surface area contributed by atoms with Crippen molar-refractivity contribution in [1.82, 2.24) is 9.47 Å². The lowest BCUT2D eigenvalue weighted by Gasteiger charge is -2.27. The number of hydrogen-bond acceptors (Lipinski definition) is 4. The Morgan fingerprint density at radius 2 is 1.83 bits per heavy atom. The van der Waals surface area contributed by atoms with Gasteiger partial charge < -0.3 is 20.7 Å². The fourth-order valence-corrected chi connectivity index (χ4v) is 4.90. The SMILES string of the molecule is NC(=O)n1cc(CC(=O)N2[C@@H]3C[C@@H]3C[C@H]2C(=O)Nc2cccc(OC(F)(F)F)c2F)c2ccccc21. The highest BCUT2D eigenvalue weighted by Gasteiger charge is 2.56. The van der Waals surface area contributed by atoms with E-state index in [1.807, 2.05) is 0 Å². The van der Waals surface area contributed by atoms with Gasteiger partial charge in [0.2, 0.25) is 11.8 Å². The van der Waals surface area contributed by atoms with E-state index in [1.165, 1.54) is 15.7 Å². The molecule has 2 fully saturated rings. The number of fused-ring (bicyclic) bond motifs is 2. The summed E-state index contributed by atoms with van der Waals surface area (Å²) in [7, 11) is 0. The normalized spacial score (nSPS) is 20.8. The number of aromatic nitrogens is 1. The Balaban J connectivity index is 1.35. The molecule has 0 unspecified atom stereocenters. The molecule has 1 aliphatic heterocycles. The van der Waals surface area contributed by atoms with Gasteiger partial charge in [-0.2, -0.15) is 0 Å². The Morgan fingerprint density at radius 3 is 2.56 bits per heavy atom. The van der Waals surface area contributed by atoms with Crippen molar-refractivity contribution in [3.63, 3.8) is 0 Å². The number of primary amides is 1. The molecule has 1 saturated carbocycles. The van der Waals surface area contributed by atoms with Crippen LogP contribution in [0.5, 0.6) is 5.75 Å². The number of carbonyl (C=O) groups is 3. The zero-order valence-corrected chi connectivity index (χ0v) is 18.6. The van der Waals surface area contributed by atoms with Gasteiger partial charge >= 0.3 is 12.4 Å². The molecule has 12 heteroatoms. The predicted molar refractivity (Wildman–Crippen MR) is 119 cm³/mol. The quantitative estimate of drug-likeness (QED) is 0.516. The average molecular weight is 504 g/mol. The van der Waals surface area contributed by atoms with Crippen LogP contribution in [0, 0.1) is 11.7 Å². The van der Waals surface area contributed by atoms with Gasteiger partial charge in [0.05, 0.1) is 17.6 Å². The lowest BCUT2D eigenvalue weighted by atomic mass is 10.1. The highest BCUT2D eigenvalue weighted by Crippen LogP contribution is 2.48. The van der Waals surface area contributed by atoms with Crippen molar-refractivity contribution in [1.29, 1.82) is 0 Å². The molecule has 5 rings (SSSR count). The number of ether oxygens (including phenoxy) is 1. The van der Waals surface area contributed by atoms with Crippen molar-refractivity contribution in [2.45, 2.75) is 37.7 Å². The van der Waals surface area contributed by atoms with Gasteiger partial charge in [-0.1, -0.05) is 24.3 Å². The zero-order chi connectivity index (χ0) is 25.8. The Bertz CT molecular complexity index is 1390. The molecule has 2 heterocycles. The van der Waals surface area contributed by atoms with E-state index in [4.69, 9.17) is 5.73 Å². The number of para-hydroxylation sites is 1. The maximum absolute atomic E-state index is 14.5. The molecule has 0 spiro atoms. The number of anilines is 1.